The van der Waals surface area contributed by atoms with Crippen molar-refractivity contribution in [2.75, 3.05) is 6.61 Å². The molecule has 0 saturated carbocycles. The third kappa shape index (κ3) is 3.00. The summed E-state index contributed by atoms with van der Waals surface area (Å²) in [5.74, 6) is -0.646. The molecular formula is C15H16N2O4. The molecule has 0 fully saturated rings. The first-order chi connectivity index (χ1) is 10.1. The summed E-state index contributed by atoms with van der Waals surface area (Å²) in [5.41, 5.74) is -0.727. The van der Waals surface area contributed by atoms with Crippen molar-refractivity contribution in [2.45, 2.75) is 19.9 Å². The molecule has 21 heavy (non-hydrogen) atoms. The largest absolute Gasteiger partial charge is 0.396 e. The van der Waals surface area contributed by atoms with E-state index in [0.717, 1.165) is 0 Å². The Balaban J connectivity index is 2.58. The first-order valence-corrected chi connectivity index (χ1v) is 6.60. The Hall–Kier alpha value is -2.47. The van der Waals surface area contributed by atoms with Gasteiger partial charge in [-0.25, -0.2) is 4.79 Å². The highest BCUT2D eigenvalue weighted by Crippen LogP contribution is 2.00. The van der Waals surface area contributed by atoms with Crippen LogP contribution in [0.15, 0.2) is 46.1 Å². The lowest BCUT2D eigenvalue weighted by Crippen LogP contribution is -2.44. The SMILES string of the molecule is Cc1cn(CCCO)c(=O)n(C(=O)c2ccccc2)c1=O. The van der Waals surface area contributed by atoms with Crippen molar-refractivity contribution < 1.29 is 9.90 Å². The van der Waals surface area contributed by atoms with E-state index in [1.807, 2.05) is 0 Å². The first kappa shape index (κ1) is 14.9. The number of carbonyl (C=O) groups excluding carboxylic acids is 1. The van der Waals surface area contributed by atoms with E-state index in [-0.39, 0.29) is 18.7 Å². The molecule has 0 aliphatic heterocycles. The molecule has 1 aromatic carbocycles. The molecule has 0 atom stereocenters. The zero-order valence-corrected chi connectivity index (χ0v) is 11.7. The molecule has 6 nitrogen and oxygen atoms in total. The van der Waals surface area contributed by atoms with Crippen molar-refractivity contribution in [2.24, 2.45) is 0 Å². The average molecular weight is 288 g/mol. The molecule has 6 heteroatoms. The van der Waals surface area contributed by atoms with Crippen LogP contribution in [-0.2, 0) is 6.54 Å². The van der Waals surface area contributed by atoms with Gasteiger partial charge >= 0.3 is 5.69 Å². The molecule has 2 rings (SSSR count). The highest BCUT2D eigenvalue weighted by molar-refractivity contribution is 5.95. The summed E-state index contributed by atoms with van der Waals surface area (Å²) in [4.78, 5) is 36.8. The molecule has 0 radical (unpaired) electrons. The molecule has 0 spiro atoms. The van der Waals surface area contributed by atoms with Crippen LogP contribution in [0.1, 0.15) is 22.3 Å². The molecule has 0 unspecified atom stereocenters. The summed E-state index contributed by atoms with van der Waals surface area (Å²) >= 11 is 0. The Kier molecular flexibility index (Phi) is 4.49. The lowest BCUT2D eigenvalue weighted by molar-refractivity contribution is 0.0948. The standard InChI is InChI=1S/C15H16N2O4/c1-11-10-16(8-5-9-18)15(21)17(13(11)19)14(20)12-6-3-2-4-7-12/h2-4,6-7,10,18H,5,8-9H2,1H3. The van der Waals surface area contributed by atoms with Crippen molar-refractivity contribution in [3.8, 4) is 0 Å². The van der Waals surface area contributed by atoms with Crippen molar-refractivity contribution in [3.63, 3.8) is 0 Å². The average Bonchev–Trinajstić information content (AvgIpc) is 2.50. The van der Waals surface area contributed by atoms with Crippen LogP contribution >= 0.6 is 0 Å². The molecule has 0 amide bonds. The number of aliphatic hydroxyl groups is 1. The summed E-state index contributed by atoms with van der Waals surface area (Å²) in [6.07, 6.45) is 1.78. The molecule has 110 valence electrons. The Morgan fingerprint density at radius 1 is 1.19 bits per heavy atom. The number of rotatable bonds is 4. The van der Waals surface area contributed by atoms with Gasteiger partial charge in [-0.15, -0.1) is 0 Å². The number of benzene rings is 1. The maximum Gasteiger partial charge on any atom is 0.338 e. The minimum absolute atomic E-state index is 0.0722. The van der Waals surface area contributed by atoms with E-state index in [1.165, 1.54) is 10.8 Å². The third-order valence-electron chi connectivity index (χ3n) is 3.11. The Morgan fingerprint density at radius 2 is 1.86 bits per heavy atom. The predicted molar refractivity (Wildman–Crippen MR) is 77.6 cm³/mol. The fraction of sp³-hybridized carbons (Fsp3) is 0.267. The van der Waals surface area contributed by atoms with Crippen LogP contribution in [-0.4, -0.2) is 26.8 Å². The van der Waals surface area contributed by atoms with Crippen LogP contribution in [0, 0.1) is 6.92 Å². The summed E-state index contributed by atoms with van der Waals surface area (Å²) in [6.45, 7) is 1.72. The highest BCUT2D eigenvalue weighted by atomic mass is 16.3. The summed E-state index contributed by atoms with van der Waals surface area (Å²) in [7, 11) is 0. The van der Waals surface area contributed by atoms with Gasteiger partial charge in [-0.3, -0.25) is 14.2 Å². The minimum atomic E-state index is -0.687. The fourth-order valence-electron chi connectivity index (χ4n) is 2.03. The number of aryl methyl sites for hydroxylation is 2. The summed E-state index contributed by atoms with van der Waals surface area (Å²) in [5, 5.41) is 8.85. The Morgan fingerprint density at radius 3 is 2.48 bits per heavy atom. The van der Waals surface area contributed by atoms with E-state index in [4.69, 9.17) is 5.11 Å². The second kappa shape index (κ2) is 6.32. The van der Waals surface area contributed by atoms with Crippen LogP contribution in [0.3, 0.4) is 0 Å². The van der Waals surface area contributed by atoms with Gasteiger partial charge in [0.2, 0.25) is 0 Å². The zero-order chi connectivity index (χ0) is 15.4. The van der Waals surface area contributed by atoms with Crippen molar-refractivity contribution >= 4 is 5.91 Å². The lowest BCUT2D eigenvalue weighted by Gasteiger charge is -2.10. The van der Waals surface area contributed by atoms with E-state index in [1.54, 1.807) is 37.3 Å². The number of nitrogens with zero attached hydrogens (tertiary/aromatic N) is 2. The maximum absolute atomic E-state index is 12.4. The topological polar surface area (TPSA) is 81.3 Å². The van der Waals surface area contributed by atoms with Crippen LogP contribution in [0.2, 0.25) is 0 Å². The molecular weight excluding hydrogens is 272 g/mol. The van der Waals surface area contributed by atoms with Gasteiger partial charge in [0.15, 0.2) is 0 Å². The van der Waals surface area contributed by atoms with E-state index < -0.39 is 17.2 Å². The van der Waals surface area contributed by atoms with Gasteiger partial charge in [0.1, 0.15) is 0 Å². The third-order valence-corrected chi connectivity index (χ3v) is 3.11. The van der Waals surface area contributed by atoms with E-state index >= 15 is 0 Å². The van der Waals surface area contributed by atoms with Crippen LogP contribution in [0.4, 0.5) is 0 Å². The van der Waals surface area contributed by atoms with Gasteiger partial charge in [-0.1, -0.05) is 18.2 Å². The number of aliphatic hydroxyl groups excluding tert-OH is 1. The zero-order valence-electron chi connectivity index (χ0n) is 11.7. The van der Waals surface area contributed by atoms with Crippen LogP contribution in [0.5, 0.6) is 0 Å². The van der Waals surface area contributed by atoms with E-state index in [9.17, 15) is 14.4 Å². The van der Waals surface area contributed by atoms with E-state index in [2.05, 4.69) is 0 Å². The quantitative estimate of drug-likeness (QED) is 0.882. The Bertz CT molecular complexity index is 759. The van der Waals surface area contributed by atoms with Gasteiger partial charge in [-0.2, -0.15) is 4.57 Å². The highest BCUT2D eigenvalue weighted by Gasteiger charge is 2.16. The van der Waals surface area contributed by atoms with Gasteiger partial charge in [-0.05, 0) is 25.5 Å². The van der Waals surface area contributed by atoms with Gasteiger partial charge < -0.3 is 5.11 Å². The smallest absolute Gasteiger partial charge is 0.338 e. The van der Waals surface area contributed by atoms with Crippen molar-refractivity contribution in [3.05, 3.63) is 68.5 Å². The second-order valence-electron chi connectivity index (χ2n) is 4.68. The molecule has 0 saturated heterocycles. The Labute approximate surface area is 120 Å². The summed E-state index contributed by atoms with van der Waals surface area (Å²) in [6, 6.07) is 8.18. The number of aromatic nitrogens is 2. The minimum Gasteiger partial charge on any atom is -0.396 e. The lowest BCUT2D eigenvalue weighted by atomic mass is 10.2. The monoisotopic (exact) mass is 288 g/mol. The molecule has 2 aromatic rings. The number of carbonyl (C=O) groups is 1. The van der Waals surface area contributed by atoms with E-state index in [0.29, 0.717) is 16.6 Å². The molecule has 1 heterocycles. The van der Waals surface area contributed by atoms with Crippen LogP contribution < -0.4 is 11.2 Å². The number of hydrogen-bond donors (Lipinski definition) is 1. The molecule has 0 aliphatic carbocycles. The molecule has 1 N–H and O–H groups in total. The number of hydrogen-bond acceptors (Lipinski definition) is 4. The normalized spacial score (nSPS) is 10.6. The molecule has 1 aromatic heterocycles. The van der Waals surface area contributed by atoms with Gasteiger partial charge in [0.05, 0.1) is 0 Å². The first-order valence-electron chi connectivity index (χ1n) is 6.60. The molecule has 0 bridgehead atoms. The van der Waals surface area contributed by atoms with Gasteiger partial charge in [0.25, 0.3) is 11.5 Å². The van der Waals surface area contributed by atoms with Gasteiger partial charge in [0, 0.05) is 30.5 Å². The van der Waals surface area contributed by atoms with Crippen molar-refractivity contribution in [1.29, 1.82) is 0 Å². The fourth-order valence-corrected chi connectivity index (χ4v) is 2.03. The van der Waals surface area contributed by atoms with Crippen molar-refractivity contribution in [1.82, 2.24) is 9.13 Å². The summed E-state index contributed by atoms with van der Waals surface area (Å²) < 4.78 is 1.91. The van der Waals surface area contributed by atoms with Crippen LogP contribution in [0.25, 0.3) is 0 Å². The molecule has 0 aliphatic rings. The maximum atomic E-state index is 12.4. The second-order valence-corrected chi connectivity index (χ2v) is 4.68. The predicted octanol–water partition coefficient (Wildman–Crippen LogP) is 0.389.